The topological polar surface area (TPSA) is 20.3 Å². The van der Waals surface area contributed by atoms with E-state index >= 15 is 0 Å². The average Bonchev–Trinajstić information content (AvgIpc) is 2.30. The van der Waals surface area contributed by atoms with Crippen molar-refractivity contribution in [2.75, 3.05) is 0 Å². The van der Waals surface area contributed by atoms with Crippen molar-refractivity contribution in [2.45, 2.75) is 38.8 Å². The number of hydrogen-bond acceptors (Lipinski definition) is 1. The van der Waals surface area contributed by atoms with Gasteiger partial charge in [-0.2, -0.15) is 0 Å². The fourth-order valence-electron chi connectivity index (χ4n) is 1.63. The first-order valence-corrected chi connectivity index (χ1v) is 4.10. The monoisotopic (exact) mass is 153 g/mol. The Morgan fingerprint density at radius 2 is 2.36 bits per heavy atom. The highest BCUT2D eigenvalue weighted by Gasteiger charge is 2.30. The lowest BCUT2D eigenvalue weighted by molar-refractivity contribution is -0.129. The molecule has 2 nitrogen and oxygen atoms in total. The first-order valence-electron chi connectivity index (χ1n) is 4.10. The van der Waals surface area contributed by atoms with Gasteiger partial charge in [0.1, 0.15) is 0 Å². The maximum atomic E-state index is 11.3. The molecule has 2 heteroatoms. The molecule has 1 aliphatic heterocycles. The Labute approximate surface area is 67.9 Å². The summed E-state index contributed by atoms with van der Waals surface area (Å²) in [4.78, 5) is 13.2. The first-order chi connectivity index (χ1) is 5.16. The maximum absolute atomic E-state index is 11.3. The third kappa shape index (κ3) is 1.44. The van der Waals surface area contributed by atoms with Crippen LogP contribution in [0.4, 0.5) is 0 Å². The van der Waals surface area contributed by atoms with Crippen LogP contribution in [0.1, 0.15) is 26.7 Å². The SMILES string of the molecule is C=CC1CCC(=O)N1C(C)C. The van der Waals surface area contributed by atoms with E-state index in [0.717, 1.165) is 6.42 Å². The smallest absolute Gasteiger partial charge is 0.223 e. The maximum Gasteiger partial charge on any atom is 0.223 e. The Kier molecular flexibility index (Phi) is 2.32. The molecule has 11 heavy (non-hydrogen) atoms. The van der Waals surface area contributed by atoms with Crippen molar-refractivity contribution in [3.05, 3.63) is 12.7 Å². The Morgan fingerprint density at radius 1 is 1.73 bits per heavy atom. The minimum Gasteiger partial charge on any atom is -0.334 e. The molecule has 0 bridgehead atoms. The van der Waals surface area contributed by atoms with Crippen LogP contribution in [-0.4, -0.2) is 22.9 Å². The number of likely N-dealkylation sites (tertiary alicyclic amines) is 1. The summed E-state index contributed by atoms with van der Waals surface area (Å²) in [5, 5.41) is 0. The van der Waals surface area contributed by atoms with Crippen LogP contribution in [-0.2, 0) is 4.79 Å². The van der Waals surface area contributed by atoms with Crippen molar-refractivity contribution in [1.82, 2.24) is 4.90 Å². The van der Waals surface area contributed by atoms with Crippen molar-refractivity contribution < 1.29 is 4.79 Å². The number of amides is 1. The highest BCUT2D eigenvalue weighted by Crippen LogP contribution is 2.21. The molecule has 0 N–H and O–H groups in total. The minimum atomic E-state index is 0.268. The van der Waals surface area contributed by atoms with Gasteiger partial charge in [0.2, 0.25) is 5.91 Å². The summed E-state index contributed by atoms with van der Waals surface area (Å²) < 4.78 is 0. The zero-order chi connectivity index (χ0) is 8.43. The third-order valence-corrected chi connectivity index (χ3v) is 2.13. The lowest BCUT2D eigenvalue weighted by atomic mass is 10.2. The highest BCUT2D eigenvalue weighted by atomic mass is 16.2. The fourth-order valence-corrected chi connectivity index (χ4v) is 1.63. The molecular weight excluding hydrogens is 138 g/mol. The molecule has 1 unspecified atom stereocenters. The summed E-state index contributed by atoms with van der Waals surface area (Å²) in [6.07, 6.45) is 3.50. The molecule has 1 atom stereocenters. The van der Waals surface area contributed by atoms with Gasteiger partial charge in [-0.25, -0.2) is 0 Å². The van der Waals surface area contributed by atoms with Gasteiger partial charge in [0.25, 0.3) is 0 Å². The Bertz CT molecular complexity index is 174. The van der Waals surface area contributed by atoms with Crippen LogP contribution in [0.2, 0.25) is 0 Å². The second kappa shape index (κ2) is 3.07. The molecule has 0 aromatic carbocycles. The van der Waals surface area contributed by atoms with Gasteiger partial charge in [-0.05, 0) is 20.3 Å². The van der Waals surface area contributed by atoms with Crippen LogP contribution in [0, 0.1) is 0 Å². The lowest BCUT2D eigenvalue weighted by Crippen LogP contribution is -2.37. The minimum absolute atomic E-state index is 0.268. The number of carbonyl (C=O) groups is 1. The molecule has 1 heterocycles. The van der Waals surface area contributed by atoms with E-state index in [1.807, 2.05) is 24.8 Å². The van der Waals surface area contributed by atoms with Crippen LogP contribution in [0.15, 0.2) is 12.7 Å². The highest BCUT2D eigenvalue weighted by molar-refractivity contribution is 5.79. The van der Waals surface area contributed by atoms with Gasteiger partial charge in [0.05, 0.1) is 6.04 Å². The van der Waals surface area contributed by atoms with Gasteiger partial charge in [-0.3, -0.25) is 4.79 Å². The van der Waals surface area contributed by atoms with Gasteiger partial charge < -0.3 is 4.90 Å². The summed E-state index contributed by atoms with van der Waals surface area (Å²) in [6.45, 7) is 7.80. The molecule has 62 valence electrons. The second-order valence-corrected chi connectivity index (χ2v) is 3.24. The Morgan fingerprint density at radius 3 is 2.73 bits per heavy atom. The molecule has 0 aromatic heterocycles. The van der Waals surface area contributed by atoms with Gasteiger partial charge in [-0.1, -0.05) is 6.08 Å². The average molecular weight is 153 g/mol. The van der Waals surface area contributed by atoms with Crippen LogP contribution >= 0.6 is 0 Å². The summed E-state index contributed by atoms with van der Waals surface area (Å²) in [5.74, 6) is 0.268. The van der Waals surface area contributed by atoms with E-state index in [1.165, 1.54) is 0 Å². The van der Waals surface area contributed by atoms with E-state index in [0.29, 0.717) is 12.5 Å². The fraction of sp³-hybridized carbons (Fsp3) is 0.667. The van der Waals surface area contributed by atoms with Crippen LogP contribution in [0.3, 0.4) is 0 Å². The van der Waals surface area contributed by atoms with E-state index in [9.17, 15) is 4.79 Å². The zero-order valence-corrected chi connectivity index (χ0v) is 7.21. The summed E-state index contributed by atoms with van der Waals surface area (Å²) in [7, 11) is 0. The molecule has 0 saturated carbocycles. The van der Waals surface area contributed by atoms with Crippen molar-refractivity contribution in [3.8, 4) is 0 Å². The molecule has 0 aliphatic carbocycles. The third-order valence-electron chi connectivity index (χ3n) is 2.13. The summed E-state index contributed by atoms with van der Waals surface area (Å²) >= 11 is 0. The number of carbonyl (C=O) groups excluding carboxylic acids is 1. The predicted octanol–water partition coefficient (Wildman–Crippen LogP) is 1.57. The molecule has 1 fully saturated rings. The lowest BCUT2D eigenvalue weighted by Gasteiger charge is -2.26. The first kappa shape index (κ1) is 8.31. The molecule has 1 aliphatic rings. The summed E-state index contributed by atoms with van der Waals surface area (Å²) in [5.41, 5.74) is 0. The molecule has 0 radical (unpaired) electrons. The van der Waals surface area contributed by atoms with Crippen molar-refractivity contribution >= 4 is 5.91 Å². The Balaban J connectivity index is 2.71. The normalized spacial score (nSPS) is 24.8. The van der Waals surface area contributed by atoms with E-state index in [2.05, 4.69) is 6.58 Å². The van der Waals surface area contributed by atoms with Gasteiger partial charge in [0, 0.05) is 12.5 Å². The number of nitrogens with zero attached hydrogens (tertiary/aromatic N) is 1. The predicted molar refractivity (Wildman–Crippen MR) is 45.2 cm³/mol. The molecule has 1 amide bonds. The molecule has 0 aromatic rings. The number of hydrogen-bond donors (Lipinski definition) is 0. The molecule has 1 rings (SSSR count). The van der Waals surface area contributed by atoms with Crippen molar-refractivity contribution in [3.63, 3.8) is 0 Å². The largest absolute Gasteiger partial charge is 0.334 e. The molecule has 0 spiro atoms. The van der Waals surface area contributed by atoms with Gasteiger partial charge in [-0.15, -0.1) is 6.58 Å². The second-order valence-electron chi connectivity index (χ2n) is 3.24. The van der Waals surface area contributed by atoms with Crippen molar-refractivity contribution in [1.29, 1.82) is 0 Å². The van der Waals surface area contributed by atoms with Gasteiger partial charge in [0.15, 0.2) is 0 Å². The standard InChI is InChI=1S/C9H15NO/c1-4-8-5-6-9(11)10(8)7(2)3/h4,7-8H,1,5-6H2,2-3H3. The molecule has 1 saturated heterocycles. The molecular formula is C9H15NO. The van der Waals surface area contributed by atoms with E-state index in [4.69, 9.17) is 0 Å². The van der Waals surface area contributed by atoms with Gasteiger partial charge >= 0.3 is 0 Å². The number of rotatable bonds is 2. The van der Waals surface area contributed by atoms with E-state index < -0.39 is 0 Å². The van der Waals surface area contributed by atoms with Crippen LogP contribution < -0.4 is 0 Å². The van der Waals surface area contributed by atoms with Crippen molar-refractivity contribution in [2.24, 2.45) is 0 Å². The van der Waals surface area contributed by atoms with E-state index in [1.54, 1.807) is 0 Å². The zero-order valence-electron chi connectivity index (χ0n) is 7.21. The van der Waals surface area contributed by atoms with Crippen LogP contribution in [0.25, 0.3) is 0 Å². The Hall–Kier alpha value is -0.790. The summed E-state index contributed by atoms with van der Waals surface area (Å²) in [6, 6.07) is 0.593. The van der Waals surface area contributed by atoms with Crippen LogP contribution in [0.5, 0.6) is 0 Å². The quantitative estimate of drug-likeness (QED) is 0.551. The van der Waals surface area contributed by atoms with E-state index in [-0.39, 0.29) is 11.9 Å².